The van der Waals surface area contributed by atoms with Gasteiger partial charge in [-0.05, 0) is 25.0 Å². The van der Waals surface area contributed by atoms with Crippen molar-refractivity contribution in [2.24, 2.45) is 0 Å². The van der Waals surface area contributed by atoms with E-state index in [2.05, 4.69) is 9.88 Å². The molecule has 180 valence electrons. The van der Waals surface area contributed by atoms with Crippen molar-refractivity contribution in [3.05, 3.63) is 30.1 Å². The lowest BCUT2D eigenvalue weighted by atomic mass is 10.0. The number of aliphatic hydroxyl groups is 1. The summed E-state index contributed by atoms with van der Waals surface area (Å²) in [6.07, 6.45) is -4.46. The molecule has 2 fully saturated rings. The molecular weight excluding hydrogens is 439 g/mol. The first kappa shape index (κ1) is 23.5. The van der Waals surface area contributed by atoms with Gasteiger partial charge in [0.15, 0.2) is 0 Å². The number of piperazine rings is 1. The van der Waals surface area contributed by atoms with Gasteiger partial charge in [0.1, 0.15) is 6.54 Å². The number of rotatable bonds is 3. The molecule has 2 saturated heterocycles. The van der Waals surface area contributed by atoms with Gasteiger partial charge in [0.2, 0.25) is 17.6 Å². The zero-order valence-electron chi connectivity index (χ0n) is 18.5. The number of hydrogen-bond donors (Lipinski definition) is 1. The number of carbonyl (C=O) groups excluding carboxylic acids is 2. The van der Waals surface area contributed by atoms with Crippen molar-refractivity contribution in [3.63, 3.8) is 0 Å². The average Bonchev–Trinajstić information content (AvgIpc) is 3.03. The van der Waals surface area contributed by atoms with Crippen LogP contribution in [0.3, 0.4) is 0 Å². The number of likely N-dealkylation sites (tertiary alicyclic amines) is 1. The van der Waals surface area contributed by atoms with Gasteiger partial charge in [-0.2, -0.15) is 13.2 Å². The predicted octanol–water partition coefficient (Wildman–Crippen LogP) is 1.57. The summed E-state index contributed by atoms with van der Waals surface area (Å²) in [6, 6.07) is 6.08. The molecular formula is C22H28F3N5O3. The van der Waals surface area contributed by atoms with Crippen molar-refractivity contribution < 1.29 is 27.9 Å². The highest BCUT2D eigenvalue weighted by Crippen LogP contribution is 2.31. The van der Waals surface area contributed by atoms with Crippen LogP contribution < -0.4 is 0 Å². The third-order valence-electron chi connectivity index (χ3n) is 6.62. The van der Waals surface area contributed by atoms with Gasteiger partial charge in [0, 0.05) is 52.2 Å². The van der Waals surface area contributed by atoms with Gasteiger partial charge in [0.05, 0.1) is 17.1 Å². The third kappa shape index (κ3) is 4.98. The second kappa shape index (κ2) is 9.30. The standard InChI is InChI=1S/C22H28F3N5O3/c1-15(31)27-10-12-28(13-11-27)18-6-8-29(9-7-19(18)32)20(33)14-30-17-5-3-2-4-16(17)26-21(30)22(23,24)25/h2-5,18-19,32H,6-14H2,1H3/t18-,19-/m0/s1. The lowest BCUT2D eigenvalue weighted by Gasteiger charge is -2.40. The second-order valence-electron chi connectivity index (χ2n) is 8.64. The number of amides is 2. The summed E-state index contributed by atoms with van der Waals surface area (Å²) in [7, 11) is 0. The van der Waals surface area contributed by atoms with Crippen LogP contribution in [-0.2, 0) is 22.3 Å². The molecule has 0 unspecified atom stereocenters. The Morgan fingerprint density at radius 1 is 1.03 bits per heavy atom. The van der Waals surface area contributed by atoms with Crippen molar-refractivity contribution in [1.82, 2.24) is 24.3 Å². The first-order valence-corrected chi connectivity index (χ1v) is 11.1. The molecule has 2 aromatic rings. The number of hydrogen-bond acceptors (Lipinski definition) is 5. The maximum absolute atomic E-state index is 13.6. The Morgan fingerprint density at radius 2 is 1.70 bits per heavy atom. The van der Waals surface area contributed by atoms with Gasteiger partial charge in [0.25, 0.3) is 0 Å². The van der Waals surface area contributed by atoms with Crippen molar-refractivity contribution in [3.8, 4) is 0 Å². The Kier molecular flexibility index (Phi) is 6.62. The largest absolute Gasteiger partial charge is 0.449 e. The fourth-order valence-electron chi connectivity index (χ4n) is 4.80. The lowest BCUT2D eigenvalue weighted by Crippen LogP contribution is -2.54. The normalized spacial score (nSPS) is 23.1. The highest BCUT2D eigenvalue weighted by Gasteiger charge is 2.39. The third-order valence-corrected chi connectivity index (χ3v) is 6.62. The fraction of sp³-hybridized carbons (Fsp3) is 0.591. The van der Waals surface area contributed by atoms with Crippen LogP contribution in [0.2, 0.25) is 0 Å². The van der Waals surface area contributed by atoms with E-state index in [1.54, 1.807) is 17.0 Å². The Bertz CT molecular complexity index is 1020. The summed E-state index contributed by atoms with van der Waals surface area (Å²) >= 11 is 0. The van der Waals surface area contributed by atoms with Gasteiger partial charge in [-0.1, -0.05) is 12.1 Å². The molecule has 0 aliphatic carbocycles. The van der Waals surface area contributed by atoms with Crippen LogP contribution in [0.25, 0.3) is 11.0 Å². The van der Waals surface area contributed by atoms with Crippen LogP contribution in [0.4, 0.5) is 13.2 Å². The van der Waals surface area contributed by atoms with Gasteiger partial charge >= 0.3 is 6.18 Å². The van der Waals surface area contributed by atoms with E-state index in [0.29, 0.717) is 45.6 Å². The highest BCUT2D eigenvalue weighted by molar-refractivity contribution is 5.81. The predicted molar refractivity (Wildman–Crippen MR) is 114 cm³/mol. The second-order valence-corrected chi connectivity index (χ2v) is 8.64. The van der Waals surface area contributed by atoms with E-state index in [9.17, 15) is 27.9 Å². The number of alkyl halides is 3. The van der Waals surface area contributed by atoms with Gasteiger partial charge in [-0.15, -0.1) is 0 Å². The van der Waals surface area contributed by atoms with E-state index in [4.69, 9.17) is 0 Å². The SMILES string of the molecule is CC(=O)N1CCN([C@H]2CCN(C(=O)Cn3c(C(F)(F)F)nc4ccccc43)CC[C@@H]2O)CC1. The number of para-hydroxylation sites is 2. The number of aliphatic hydroxyl groups excluding tert-OH is 1. The number of benzene rings is 1. The maximum Gasteiger partial charge on any atom is 0.449 e. The zero-order valence-corrected chi connectivity index (χ0v) is 18.5. The first-order chi connectivity index (χ1) is 15.6. The highest BCUT2D eigenvalue weighted by atomic mass is 19.4. The maximum atomic E-state index is 13.6. The molecule has 2 aliphatic heterocycles. The molecule has 0 spiro atoms. The molecule has 0 radical (unpaired) electrons. The van der Waals surface area contributed by atoms with E-state index in [0.717, 1.165) is 4.57 Å². The van der Waals surface area contributed by atoms with Crippen LogP contribution in [0.1, 0.15) is 25.6 Å². The van der Waals surface area contributed by atoms with Crippen molar-refractivity contribution in [1.29, 1.82) is 0 Å². The number of carbonyl (C=O) groups is 2. The number of fused-ring (bicyclic) bond motifs is 1. The molecule has 8 nitrogen and oxygen atoms in total. The van der Waals surface area contributed by atoms with E-state index in [-0.39, 0.29) is 29.5 Å². The molecule has 0 saturated carbocycles. The summed E-state index contributed by atoms with van der Waals surface area (Å²) in [5, 5.41) is 10.7. The van der Waals surface area contributed by atoms with Crippen LogP contribution in [0, 0.1) is 0 Å². The lowest BCUT2D eigenvalue weighted by molar-refractivity contribution is -0.148. The molecule has 2 atom stereocenters. The molecule has 3 heterocycles. The van der Waals surface area contributed by atoms with Crippen molar-refractivity contribution in [2.75, 3.05) is 39.3 Å². The minimum Gasteiger partial charge on any atom is -0.391 e. The van der Waals surface area contributed by atoms with E-state index >= 15 is 0 Å². The Balaban J connectivity index is 1.45. The van der Waals surface area contributed by atoms with Crippen LogP contribution in [-0.4, -0.2) is 92.6 Å². The average molecular weight is 467 g/mol. The van der Waals surface area contributed by atoms with Gasteiger partial charge in [-0.25, -0.2) is 4.98 Å². The Labute approximate surface area is 189 Å². The van der Waals surface area contributed by atoms with Crippen LogP contribution in [0.15, 0.2) is 24.3 Å². The summed E-state index contributed by atoms with van der Waals surface area (Å²) < 4.78 is 41.6. The van der Waals surface area contributed by atoms with E-state index < -0.39 is 30.6 Å². The van der Waals surface area contributed by atoms with Crippen molar-refractivity contribution >= 4 is 22.8 Å². The summed E-state index contributed by atoms with van der Waals surface area (Å²) in [6.45, 7) is 4.17. The summed E-state index contributed by atoms with van der Waals surface area (Å²) in [4.78, 5) is 33.7. The molecule has 2 aliphatic rings. The molecule has 11 heteroatoms. The van der Waals surface area contributed by atoms with Gasteiger partial charge < -0.3 is 19.5 Å². The molecule has 1 aromatic heterocycles. The molecule has 2 amide bonds. The van der Waals surface area contributed by atoms with E-state index in [1.165, 1.54) is 24.0 Å². The molecule has 0 bridgehead atoms. The monoisotopic (exact) mass is 467 g/mol. The molecule has 1 N–H and O–H groups in total. The quantitative estimate of drug-likeness (QED) is 0.741. The minimum atomic E-state index is -4.68. The fourth-order valence-corrected chi connectivity index (χ4v) is 4.80. The molecule has 33 heavy (non-hydrogen) atoms. The van der Waals surface area contributed by atoms with Gasteiger partial charge in [-0.3, -0.25) is 14.5 Å². The molecule has 1 aromatic carbocycles. The Hall–Kier alpha value is -2.66. The number of nitrogens with zero attached hydrogens (tertiary/aromatic N) is 5. The van der Waals surface area contributed by atoms with E-state index in [1.807, 2.05) is 0 Å². The zero-order chi connectivity index (χ0) is 23.8. The topological polar surface area (TPSA) is 81.9 Å². The number of aromatic nitrogens is 2. The Morgan fingerprint density at radius 3 is 2.36 bits per heavy atom. The van der Waals surface area contributed by atoms with Crippen LogP contribution >= 0.6 is 0 Å². The minimum absolute atomic E-state index is 0.0260. The molecule has 4 rings (SSSR count). The number of halogens is 3. The number of imidazole rings is 1. The summed E-state index contributed by atoms with van der Waals surface area (Å²) in [5.74, 6) is -1.50. The van der Waals surface area contributed by atoms with Crippen LogP contribution in [0.5, 0.6) is 0 Å². The smallest absolute Gasteiger partial charge is 0.391 e. The summed E-state index contributed by atoms with van der Waals surface area (Å²) in [5.41, 5.74) is 0.447. The first-order valence-electron chi connectivity index (χ1n) is 11.1. The van der Waals surface area contributed by atoms with Crippen molar-refractivity contribution in [2.45, 2.75) is 44.6 Å².